The van der Waals surface area contributed by atoms with Gasteiger partial charge in [0.05, 0.1) is 4.90 Å². The molecule has 0 fully saturated rings. The van der Waals surface area contributed by atoms with Gasteiger partial charge in [0.25, 0.3) is 10.0 Å². The third-order valence-electron chi connectivity index (χ3n) is 4.09. The average Bonchev–Trinajstić information content (AvgIpc) is 3.14. The highest BCUT2D eigenvalue weighted by atomic mass is 35.5. The number of nitrogens with one attached hydrogen (secondary N) is 2. The Kier molecular flexibility index (Phi) is 6.27. The summed E-state index contributed by atoms with van der Waals surface area (Å²) >= 11 is 5.80. The van der Waals surface area contributed by atoms with Crippen LogP contribution < -0.4 is 10.0 Å². The lowest BCUT2D eigenvalue weighted by molar-refractivity contribution is -0.141. The van der Waals surface area contributed by atoms with Crippen molar-refractivity contribution in [2.75, 3.05) is 10.0 Å². The number of carbonyl (C=O) groups is 1. The molecule has 0 bridgehead atoms. The number of alkyl halides is 3. The fourth-order valence-corrected chi connectivity index (χ4v) is 4.10. The summed E-state index contributed by atoms with van der Waals surface area (Å²) in [6.07, 6.45) is -3.58. The van der Waals surface area contributed by atoms with E-state index in [-0.39, 0.29) is 10.6 Å². The summed E-state index contributed by atoms with van der Waals surface area (Å²) in [5, 5.41) is 6.21. The maximum absolute atomic E-state index is 12.8. The molecule has 2 aromatic carbocycles. The smallest absolute Gasteiger partial charge is 0.324 e. The van der Waals surface area contributed by atoms with Crippen molar-refractivity contribution in [1.29, 1.82) is 0 Å². The summed E-state index contributed by atoms with van der Waals surface area (Å²) in [7, 11) is -3.97. The molecule has 0 saturated heterocycles. The van der Waals surface area contributed by atoms with Gasteiger partial charge in [-0.2, -0.15) is 18.3 Å². The van der Waals surface area contributed by atoms with E-state index in [1.807, 2.05) is 0 Å². The number of nitrogens with zero attached hydrogens (tertiary/aromatic N) is 2. The normalized spacial score (nSPS) is 11.9. The minimum Gasteiger partial charge on any atom is -0.324 e. The number of aryl methyl sites for hydroxylation is 1. The molecule has 0 aliphatic heterocycles. The zero-order chi connectivity index (χ0) is 22.8. The lowest BCUT2D eigenvalue weighted by Gasteiger charge is -2.13. The largest absolute Gasteiger partial charge is 0.435 e. The van der Waals surface area contributed by atoms with Crippen molar-refractivity contribution in [2.24, 2.45) is 0 Å². The van der Waals surface area contributed by atoms with Crippen LogP contribution in [0.5, 0.6) is 0 Å². The highest BCUT2D eigenvalue weighted by Crippen LogP contribution is 2.27. The van der Waals surface area contributed by atoms with Crippen LogP contribution in [0, 0.1) is 6.92 Å². The maximum atomic E-state index is 12.8. The monoisotopic (exact) mass is 472 g/mol. The number of rotatable bonds is 6. The molecule has 1 amide bonds. The molecule has 0 spiro atoms. The SMILES string of the molecule is Cc1ccc(NC(=O)Cn2ccc(C(F)(F)F)n2)cc1S(=O)(=O)Nc1ccc(Cl)cc1. The van der Waals surface area contributed by atoms with Gasteiger partial charge in [-0.1, -0.05) is 17.7 Å². The number of aromatic nitrogens is 2. The molecule has 0 aliphatic rings. The van der Waals surface area contributed by atoms with Crippen LogP contribution in [0.15, 0.2) is 59.6 Å². The van der Waals surface area contributed by atoms with Crippen LogP contribution in [0.2, 0.25) is 5.02 Å². The van der Waals surface area contributed by atoms with Crippen molar-refractivity contribution in [2.45, 2.75) is 24.5 Å². The van der Waals surface area contributed by atoms with Crippen LogP contribution >= 0.6 is 11.6 Å². The summed E-state index contributed by atoms with van der Waals surface area (Å²) in [6.45, 7) is 1.11. The van der Waals surface area contributed by atoms with E-state index in [0.29, 0.717) is 16.3 Å². The molecular weight excluding hydrogens is 457 g/mol. The topological polar surface area (TPSA) is 93.1 Å². The Balaban J connectivity index is 1.75. The molecular formula is C19H16ClF3N4O3S. The van der Waals surface area contributed by atoms with Crippen molar-refractivity contribution in [3.05, 3.63) is 71.0 Å². The number of amides is 1. The predicted molar refractivity (Wildman–Crippen MR) is 109 cm³/mol. The van der Waals surface area contributed by atoms with Gasteiger partial charge >= 0.3 is 6.18 Å². The minimum atomic E-state index is -4.61. The van der Waals surface area contributed by atoms with E-state index in [1.165, 1.54) is 42.5 Å². The second-order valence-electron chi connectivity index (χ2n) is 6.54. The maximum Gasteiger partial charge on any atom is 0.435 e. The van der Waals surface area contributed by atoms with E-state index in [4.69, 9.17) is 11.6 Å². The fraction of sp³-hybridized carbons (Fsp3) is 0.158. The van der Waals surface area contributed by atoms with E-state index < -0.39 is 34.3 Å². The quantitative estimate of drug-likeness (QED) is 0.559. The van der Waals surface area contributed by atoms with Crippen LogP contribution in [0.1, 0.15) is 11.3 Å². The van der Waals surface area contributed by atoms with Gasteiger partial charge in [-0.05, 0) is 55.0 Å². The van der Waals surface area contributed by atoms with Gasteiger partial charge in [-0.15, -0.1) is 0 Å². The van der Waals surface area contributed by atoms with Crippen molar-refractivity contribution >= 4 is 38.9 Å². The first-order valence-corrected chi connectivity index (χ1v) is 10.6. The number of hydrogen-bond acceptors (Lipinski definition) is 4. The lowest BCUT2D eigenvalue weighted by Crippen LogP contribution is -2.20. The zero-order valence-corrected chi connectivity index (χ0v) is 17.5. The Bertz CT molecular complexity index is 1210. The number of sulfonamides is 1. The zero-order valence-electron chi connectivity index (χ0n) is 15.9. The highest BCUT2D eigenvalue weighted by Gasteiger charge is 2.33. The molecule has 164 valence electrons. The van der Waals surface area contributed by atoms with Crippen molar-refractivity contribution in [1.82, 2.24) is 9.78 Å². The lowest BCUT2D eigenvalue weighted by atomic mass is 10.2. The number of benzene rings is 2. The Hall–Kier alpha value is -3.05. The molecule has 0 saturated carbocycles. The van der Waals surface area contributed by atoms with Crippen LogP contribution in [0.4, 0.5) is 24.5 Å². The molecule has 3 rings (SSSR count). The van der Waals surface area contributed by atoms with Gasteiger partial charge in [0.2, 0.25) is 5.91 Å². The molecule has 0 radical (unpaired) electrons. The summed E-state index contributed by atoms with van der Waals surface area (Å²) in [5.41, 5.74) is -0.216. The molecule has 0 atom stereocenters. The summed E-state index contributed by atoms with van der Waals surface area (Å²) < 4.78 is 66.6. The predicted octanol–water partition coefficient (Wildman–Crippen LogP) is 4.30. The number of halogens is 4. The number of carbonyl (C=O) groups excluding carboxylic acids is 1. The van der Waals surface area contributed by atoms with Crippen LogP contribution in [-0.4, -0.2) is 24.1 Å². The summed E-state index contributed by atoms with van der Waals surface area (Å²) in [4.78, 5) is 12.1. The first kappa shape index (κ1) is 22.6. The summed E-state index contributed by atoms with van der Waals surface area (Å²) in [5.74, 6) is -0.672. The molecule has 0 unspecified atom stereocenters. The molecule has 1 heterocycles. The van der Waals surface area contributed by atoms with Crippen LogP contribution in [0.25, 0.3) is 0 Å². The molecule has 0 aliphatic carbocycles. The summed E-state index contributed by atoms with van der Waals surface area (Å²) in [6, 6.07) is 11.1. The van der Waals surface area contributed by atoms with Gasteiger partial charge in [-0.3, -0.25) is 14.2 Å². The minimum absolute atomic E-state index is 0.0707. The second-order valence-corrected chi connectivity index (χ2v) is 8.62. The molecule has 31 heavy (non-hydrogen) atoms. The molecule has 12 heteroatoms. The Morgan fingerprint density at radius 2 is 1.74 bits per heavy atom. The Morgan fingerprint density at radius 1 is 1.10 bits per heavy atom. The van der Waals surface area contributed by atoms with E-state index in [9.17, 15) is 26.4 Å². The van der Waals surface area contributed by atoms with Gasteiger partial charge in [0.15, 0.2) is 5.69 Å². The standard InChI is InChI=1S/C19H16ClF3N4O3S/c1-12-2-5-15(24-18(28)11-27-9-8-17(25-27)19(21,22)23)10-16(12)31(29,30)26-14-6-3-13(20)4-7-14/h2-10,26H,11H2,1H3,(H,24,28). The molecule has 2 N–H and O–H groups in total. The van der Waals surface area contributed by atoms with Gasteiger partial charge in [-0.25, -0.2) is 8.42 Å². The van der Waals surface area contributed by atoms with Crippen molar-refractivity contribution < 1.29 is 26.4 Å². The van der Waals surface area contributed by atoms with Crippen molar-refractivity contribution in [3.8, 4) is 0 Å². The second kappa shape index (κ2) is 8.60. The van der Waals surface area contributed by atoms with Gasteiger partial charge in [0.1, 0.15) is 6.54 Å². The third kappa shape index (κ3) is 5.76. The first-order valence-electron chi connectivity index (χ1n) is 8.73. The van der Waals surface area contributed by atoms with E-state index in [2.05, 4.69) is 15.1 Å². The number of hydrogen-bond donors (Lipinski definition) is 2. The fourth-order valence-electron chi connectivity index (χ4n) is 2.64. The van der Waals surface area contributed by atoms with E-state index in [1.54, 1.807) is 6.92 Å². The molecule has 1 aromatic heterocycles. The highest BCUT2D eigenvalue weighted by molar-refractivity contribution is 7.92. The van der Waals surface area contributed by atoms with E-state index >= 15 is 0 Å². The Labute approximate surface area is 180 Å². The van der Waals surface area contributed by atoms with Crippen LogP contribution in [0.3, 0.4) is 0 Å². The Morgan fingerprint density at radius 3 is 2.35 bits per heavy atom. The van der Waals surface area contributed by atoms with Crippen LogP contribution in [-0.2, 0) is 27.5 Å². The van der Waals surface area contributed by atoms with Gasteiger partial charge < -0.3 is 5.32 Å². The number of anilines is 2. The first-order chi connectivity index (χ1) is 14.4. The molecule has 7 nitrogen and oxygen atoms in total. The van der Waals surface area contributed by atoms with Crippen molar-refractivity contribution in [3.63, 3.8) is 0 Å². The van der Waals surface area contributed by atoms with E-state index in [0.717, 1.165) is 16.9 Å². The molecule has 3 aromatic rings. The third-order valence-corrected chi connectivity index (χ3v) is 5.87. The van der Waals surface area contributed by atoms with Gasteiger partial charge in [0, 0.05) is 22.6 Å². The average molecular weight is 473 g/mol.